The van der Waals surface area contributed by atoms with Crippen LogP contribution in [0.4, 0.5) is 0 Å². The van der Waals surface area contributed by atoms with Crippen molar-refractivity contribution in [1.29, 1.82) is 0 Å². The minimum atomic E-state index is -2.83. The number of hydrogen-bond donors (Lipinski definition) is 3. The summed E-state index contributed by atoms with van der Waals surface area (Å²) in [5.74, 6) is -0.989. The Hall–Kier alpha value is -0.620. The zero-order chi connectivity index (χ0) is 9.72. The molecule has 0 amide bonds. The molecule has 0 aromatic carbocycles. The van der Waals surface area contributed by atoms with Gasteiger partial charge in [-0.15, -0.1) is 0 Å². The zero-order valence-corrected chi connectivity index (χ0v) is 7.88. The van der Waals surface area contributed by atoms with E-state index in [1.165, 1.54) is 0 Å². The van der Waals surface area contributed by atoms with Crippen molar-refractivity contribution < 1.29 is 18.3 Å². The van der Waals surface area contributed by atoms with Crippen LogP contribution in [0.2, 0.25) is 0 Å². The number of nitrogens with one attached hydrogen (secondary N) is 1. The summed E-state index contributed by atoms with van der Waals surface area (Å²) in [6.45, 7) is 3.66. The topological polar surface area (TPSA) is 83.5 Å². The summed E-state index contributed by atoms with van der Waals surface area (Å²) in [6, 6.07) is -0.994. The second-order valence-corrected chi connectivity index (χ2v) is 3.68. The van der Waals surface area contributed by atoms with Gasteiger partial charge >= 0.3 is 5.97 Å². The molecule has 5 nitrogen and oxygen atoms in total. The van der Waals surface area contributed by atoms with Crippen molar-refractivity contribution in [3.05, 3.63) is 0 Å². The maximum absolute atomic E-state index is 10.4. The second-order valence-electron chi connectivity index (χ2n) is 2.91. The molecule has 2 N–H and O–H groups in total. The van der Waals surface area contributed by atoms with Gasteiger partial charge in [-0.1, -0.05) is 13.8 Å². The van der Waals surface area contributed by atoms with Gasteiger partial charge in [-0.2, -0.15) is 0 Å². The molecule has 0 saturated heterocycles. The number of hydrogen-bond acceptors (Lipinski definition) is 3. The standard InChI is InChI=1S/C6H13NO4S/c1-4(2)3-5(6(8)9)7-12(10)11/h4-5,12H,3H2,1-2H3,(H,8,9)(H,7,10,11)/t5-/m0/s1. The summed E-state index contributed by atoms with van der Waals surface area (Å²) in [5, 5.41) is 8.54. The van der Waals surface area contributed by atoms with Crippen LogP contribution < -0.4 is 4.72 Å². The molecule has 0 spiro atoms. The van der Waals surface area contributed by atoms with Gasteiger partial charge in [-0.05, 0) is 12.3 Å². The molecule has 0 aromatic heterocycles. The molecule has 0 radical (unpaired) electrons. The van der Waals surface area contributed by atoms with Gasteiger partial charge in [0.25, 0.3) is 0 Å². The van der Waals surface area contributed by atoms with E-state index >= 15 is 0 Å². The Balaban J connectivity index is 4.14. The van der Waals surface area contributed by atoms with Crippen LogP contribution in [-0.2, 0) is 15.7 Å². The molecule has 0 fully saturated rings. The summed E-state index contributed by atoms with van der Waals surface area (Å²) < 4.78 is 22.3. The van der Waals surface area contributed by atoms with Crippen LogP contribution in [0.25, 0.3) is 0 Å². The summed E-state index contributed by atoms with van der Waals surface area (Å²) >= 11 is 0. The Morgan fingerprint density at radius 2 is 2.00 bits per heavy atom. The first-order chi connectivity index (χ1) is 5.43. The molecule has 0 aliphatic rings. The minimum absolute atomic E-state index is 0.147. The summed E-state index contributed by atoms with van der Waals surface area (Å²) in [6.07, 6.45) is 0.304. The fourth-order valence-corrected chi connectivity index (χ4v) is 1.28. The Labute approximate surface area is 72.9 Å². The SMILES string of the molecule is CC(C)C[C@H](N[SH](=O)=O)C(=O)O. The van der Waals surface area contributed by atoms with Crippen LogP contribution >= 0.6 is 0 Å². The van der Waals surface area contributed by atoms with E-state index < -0.39 is 22.9 Å². The average molecular weight is 195 g/mol. The predicted molar refractivity (Wildman–Crippen MR) is 44.3 cm³/mol. The van der Waals surface area contributed by atoms with E-state index in [4.69, 9.17) is 5.11 Å². The lowest BCUT2D eigenvalue weighted by Gasteiger charge is -2.11. The molecule has 0 aromatic rings. The molecule has 6 heteroatoms. The molecule has 0 rings (SSSR count). The highest BCUT2D eigenvalue weighted by Gasteiger charge is 2.18. The third-order valence-corrected chi connectivity index (χ3v) is 1.79. The van der Waals surface area contributed by atoms with Crippen LogP contribution in [0.3, 0.4) is 0 Å². The lowest BCUT2D eigenvalue weighted by molar-refractivity contribution is -0.139. The zero-order valence-electron chi connectivity index (χ0n) is 6.98. The Morgan fingerprint density at radius 3 is 2.25 bits per heavy atom. The molecule has 12 heavy (non-hydrogen) atoms. The molecule has 0 aliphatic heterocycles. The predicted octanol–water partition coefficient (Wildman–Crippen LogP) is -0.398. The first kappa shape index (κ1) is 11.4. The van der Waals surface area contributed by atoms with Gasteiger partial charge in [0, 0.05) is 0 Å². The molecule has 0 bridgehead atoms. The van der Waals surface area contributed by atoms with Crippen LogP contribution in [0.15, 0.2) is 0 Å². The molecule has 0 unspecified atom stereocenters. The lowest BCUT2D eigenvalue weighted by atomic mass is 10.1. The van der Waals surface area contributed by atoms with Crippen molar-refractivity contribution in [1.82, 2.24) is 4.72 Å². The number of carbonyl (C=O) groups is 1. The van der Waals surface area contributed by atoms with E-state index in [1.807, 2.05) is 18.6 Å². The van der Waals surface area contributed by atoms with Crippen molar-refractivity contribution >= 4 is 16.9 Å². The number of thiol groups is 1. The summed E-state index contributed by atoms with van der Waals surface area (Å²) in [5.41, 5.74) is 0. The van der Waals surface area contributed by atoms with E-state index in [0.29, 0.717) is 6.42 Å². The summed E-state index contributed by atoms with van der Waals surface area (Å²) in [4.78, 5) is 10.4. The quantitative estimate of drug-likeness (QED) is 0.521. The van der Waals surface area contributed by atoms with Gasteiger partial charge in [-0.25, -0.2) is 13.1 Å². The molecule has 0 saturated carbocycles. The number of carboxylic acid groups (broad SMARTS) is 1. The van der Waals surface area contributed by atoms with Crippen molar-refractivity contribution in [2.75, 3.05) is 0 Å². The van der Waals surface area contributed by atoms with Crippen molar-refractivity contribution in [2.24, 2.45) is 5.92 Å². The van der Waals surface area contributed by atoms with Gasteiger partial charge in [0.15, 0.2) is 0 Å². The fourth-order valence-electron chi connectivity index (χ4n) is 0.807. The molecule has 72 valence electrons. The summed E-state index contributed by atoms with van der Waals surface area (Å²) in [7, 11) is -2.83. The van der Waals surface area contributed by atoms with Crippen molar-refractivity contribution in [3.8, 4) is 0 Å². The molecule has 1 atom stereocenters. The van der Waals surface area contributed by atoms with Crippen LogP contribution in [0.1, 0.15) is 20.3 Å². The second kappa shape index (κ2) is 5.10. The van der Waals surface area contributed by atoms with Gasteiger partial charge in [-0.3, -0.25) is 4.79 Å². The highest BCUT2D eigenvalue weighted by molar-refractivity contribution is 7.70. The number of rotatable bonds is 5. The smallest absolute Gasteiger partial charge is 0.321 e. The molecule has 0 heterocycles. The third kappa shape index (κ3) is 5.09. The minimum Gasteiger partial charge on any atom is -0.480 e. The molecular weight excluding hydrogens is 182 g/mol. The van der Waals surface area contributed by atoms with Gasteiger partial charge in [0.05, 0.1) is 0 Å². The highest BCUT2D eigenvalue weighted by atomic mass is 32.2. The first-order valence-corrected chi connectivity index (χ1v) is 4.74. The van der Waals surface area contributed by atoms with E-state index in [1.54, 1.807) is 0 Å². The largest absolute Gasteiger partial charge is 0.480 e. The van der Waals surface area contributed by atoms with Crippen molar-refractivity contribution in [3.63, 3.8) is 0 Å². The van der Waals surface area contributed by atoms with Crippen LogP contribution in [0.5, 0.6) is 0 Å². The normalized spacial score (nSPS) is 13.7. The van der Waals surface area contributed by atoms with E-state index in [2.05, 4.69) is 0 Å². The van der Waals surface area contributed by atoms with Crippen LogP contribution in [-0.4, -0.2) is 25.5 Å². The maximum atomic E-state index is 10.4. The third-order valence-electron chi connectivity index (χ3n) is 1.27. The Kier molecular flexibility index (Phi) is 4.84. The van der Waals surface area contributed by atoms with Gasteiger partial charge in [0.1, 0.15) is 6.04 Å². The van der Waals surface area contributed by atoms with Gasteiger partial charge in [0.2, 0.25) is 10.9 Å². The fraction of sp³-hybridized carbons (Fsp3) is 0.833. The average Bonchev–Trinajstić information content (AvgIpc) is 1.83. The lowest BCUT2D eigenvalue weighted by Crippen LogP contribution is -2.36. The Morgan fingerprint density at radius 1 is 1.50 bits per heavy atom. The number of carboxylic acids is 1. The number of aliphatic carboxylic acids is 1. The van der Waals surface area contributed by atoms with E-state index in [-0.39, 0.29) is 5.92 Å². The molecule has 0 aliphatic carbocycles. The van der Waals surface area contributed by atoms with Crippen molar-refractivity contribution in [2.45, 2.75) is 26.3 Å². The Bertz CT molecular complexity index is 216. The monoisotopic (exact) mass is 195 g/mol. The maximum Gasteiger partial charge on any atom is 0.321 e. The van der Waals surface area contributed by atoms with E-state index in [9.17, 15) is 13.2 Å². The van der Waals surface area contributed by atoms with Gasteiger partial charge < -0.3 is 5.11 Å². The first-order valence-electron chi connectivity index (χ1n) is 3.57. The van der Waals surface area contributed by atoms with Crippen LogP contribution in [0, 0.1) is 5.92 Å². The van der Waals surface area contributed by atoms with E-state index in [0.717, 1.165) is 0 Å². The molecular formula is C6H13NO4S. The highest BCUT2D eigenvalue weighted by Crippen LogP contribution is 2.04.